The number of aliphatic hydroxyl groups excluding tert-OH is 4. The second-order valence-corrected chi connectivity index (χ2v) is 11.2. The van der Waals surface area contributed by atoms with Crippen LogP contribution in [0.2, 0.25) is 5.02 Å². The minimum absolute atomic E-state index is 0.0472. The van der Waals surface area contributed by atoms with E-state index in [1.54, 1.807) is 13.0 Å². The van der Waals surface area contributed by atoms with Crippen molar-refractivity contribution in [2.45, 2.75) is 75.8 Å². The number of amides is 1. The number of carbonyl (C=O) groups is 1. The van der Waals surface area contributed by atoms with E-state index in [4.69, 9.17) is 35.4 Å². The first kappa shape index (κ1) is 32.1. The fourth-order valence-electron chi connectivity index (χ4n) is 5.24. The standard InChI is InChI=1S/C30H34ClFN2O10/c1-14(30(39)33-23-24(36)26(38)29-28(25(23)37)40-13-41-29)9-16-7-8-21(19(32)10-16)43-22-11-20(35)27(44-22)15(2)34-42-12-17-5-3-4-6-18(17)31/h3-10,20,22-26,28-29,34-38H,11-13H2,1-2H3,(H,33,39)/t20-,22+,23+,24-,25+,26+,28-,29+/m0/s1. The lowest BCUT2D eigenvalue weighted by Gasteiger charge is -2.41. The van der Waals surface area contributed by atoms with Gasteiger partial charge in [0.1, 0.15) is 50.0 Å². The Morgan fingerprint density at radius 2 is 1.80 bits per heavy atom. The summed E-state index contributed by atoms with van der Waals surface area (Å²) >= 11 is 6.13. The summed E-state index contributed by atoms with van der Waals surface area (Å²) in [4.78, 5) is 18.3. The highest BCUT2D eigenvalue weighted by molar-refractivity contribution is 6.31. The molecule has 12 nitrogen and oxygen atoms in total. The minimum Gasteiger partial charge on any atom is -0.454 e. The van der Waals surface area contributed by atoms with E-state index in [0.29, 0.717) is 16.3 Å². The lowest BCUT2D eigenvalue weighted by atomic mass is 9.83. The maximum absolute atomic E-state index is 15.0. The summed E-state index contributed by atoms with van der Waals surface area (Å²) in [7, 11) is 0. The van der Waals surface area contributed by atoms with Gasteiger partial charge in [0.25, 0.3) is 0 Å². The van der Waals surface area contributed by atoms with E-state index < -0.39 is 60.7 Å². The second-order valence-electron chi connectivity index (χ2n) is 10.8. The van der Waals surface area contributed by atoms with Gasteiger partial charge in [0.15, 0.2) is 17.3 Å². The van der Waals surface area contributed by atoms with Crippen molar-refractivity contribution in [1.29, 1.82) is 0 Å². The average molecular weight is 637 g/mol. The number of fused-ring (bicyclic) bond motifs is 1. The molecule has 2 aliphatic heterocycles. The summed E-state index contributed by atoms with van der Waals surface area (Å²) in [6, 6.07) is 10.0. The first-order valence-electron chi connectivity index (χ1n) is 13.9. The minimum atomic E-state index is -1.49. The summed E-state index contributed by atoms with van der Waals surface area (Å²) in [5.74, 6) is -1.31. The topological polar surface area (TPSA) is 168 Å². The lowest BCUT2D eigenvalue weighted by Crippen LogP contribution is -2.67. The van der Waals surface area contributed by atoms with Crippen molar-refractivity contribution in [3.63, 3.8) is 0 Å². The Kier molecular flexibility index (Phi) is 10.1. The molecule has 8 atom stereocenters. The Morgan fingerprint density at radius 1 is 1.07 bits per heavy atom. The van der Waals surface area contributed by atoms with E-state index in [-0.39, 0.29) is 36.9 Å². The molecule has 44 heavy (non-hydrogen) atoms. The van der Waals surface area contributed by atoms with Gasteiger partial charge in [0, 0.05) is 10.6 Å². The maximum atomic E-state index is 15.0. The van der Waals surface area contributed by atoms with Gasteiger partial charge in [-0.15, -0.1) is 0 Å². The Balaban J connectivity index is 1.16. The Morgan fingerprint density at radius 3 is 2.52 bits per heavy atom. The fourth-order valence-corrected chi connectivity index (χ4v) is 5.43. The first-order valence-corrected chi connectivity index (χ1v) is 14.3. The molecule has 1 amide bonds. The first-order chi connectivity index (χ1) is 21.0. The van der Waals surface area contributed by atoms with Crippen LogP contribution in [0.1, 0.15) is 31.4 Å². The molecule has 2 saturated heterocycles. The number of nitrogens with one attached hydrogen (secondary N) is 2. The Labute approximate surface area is 257 Å². The zero-order valence-electron chi connectivity index (χ0n) is 23.9. The average Bonchev–Trinajstić information content (AvgIpc) is 3.63. The molecule has 5 rings (SSSR count). The van der Waals surface area contributed by atoms with Gasteiger partial charge < -0.3 is 44.7 Å². The van der Waals surface area contributed by atoms with Crippen molar-refractivity contribution in [1.82, 2.24) is 10.8 Å². The summed E-state index contributed by atoms with van der Waals surface area (Å²) < 4.78 is 36.8. The van der Waals surface area contributed by atoms with E-state index >= 15 is 0 Å². The molecule has 2 aromatic rings. The van der Waals surface area contributed by atoms with Crippen molar-refractivity contribution in [2.24, 2.45) is 0 Å². The predicted octanol–water partition coefficient (Wildman–Crippen LogP) is 1.64. The summed E-state index contributed by atoms with van der Waals surface area (Å²) in [6.07, 6.45) is -6.53. The SMILES string of the molecule is CC(=Cc1ccc(O[C@H]2C[C@H](O)C(=C(C)NOCc3ccccc3Cl)O2)c(F)c1)C(=O)N[C@@H]1[C@H](O)[C@@H](O)[C@H]2OCO[C@H]2[C@@H]1O. The highest BCUT2D eigenvalue weighted by Crippen LogP contribution is 2.31. The van der Waals surface area contributed by atoms with Crippen molar-refractivity contribution < 1.29 is 53.4 Å². The molecule has 0 unspecified atom stereocenters. The molecule has 6 N–H and O–H groups in total. The molecular weight excluding hydrogens is 603 g/mol. The predicted molar refractivity (Wildman–Crippen MR) is 153 cm³/mol. The number of hydrogen-bond acceptors (Lipinski definition) is 11. The van der Waals surface area contributed by atoms with Gasteiger partial charge in [-0.25, -0.2) is 4.39 Å². The number of hydrogen-bond donors (Lipinski definition) is 6. The van der Waals surface area contributed by atoms with Gasteiger partial charge in [-0.3, -0.25) is 15.1 Å². The molecule has 238 valence electrons. The Hall–Kier alpha value is -3.27. The molecular formula is C30H34ClFN2O10. The van der Waals surface area contributed by atoms with E-state index in [9.17, 15) is 29.6 Å². The van der Waals surface area contributed by atoms with E-state index in [2.05, 4.69) is 10.8 Å². The zero-order valence-corrected chi connectivity index (χ0v) is 24.6. The molecule has 0 aromatic heterocycles. The molecule has 3 aliphatic rings. The molecule has 0 radical (unpaired) electrons. The van der Waals surface area contributed by atoms with Crippen LogP contribution < -0.4 is 15.5 Å². The molecule has 14 heteroatoms. The van der Waals surface area contributed by atoms with Crippen LogP contribution in [-0.4, -0.2) is 82.1 Å². The van der Waals surface area contributed by atoms with Crippen LogP contribution >= 0.6 is 11.6 Å². The quantitative estimate of drug-likeness (QED) is 0.175. The van der Waals surface area contributed by atoms with Crippen LogP contribution in [0.3, 0.4) is 0 Å². The highest BCUT2D eigenvalue weighted by Gasteiger charge is 2.53. The third-order valence-electron chi connectivity index (χ3n) is 7.61. The maximum Gasteiger partial charge on any atom is 0.247 e. The van der Waals surface area contributed by atoms with Crippen molar-refractivity contribution >= 4 is 23.6 Å². The van der Waals surface area contributed by atoms with Gasteiger partial charge in [-0.1, -0.05) is 35.9 Å². The van der Waals surface area contributed by atoms with Gasteiger partial charge in [0.05, 0.1) is 18.2 Å². The van der Waals surface area contributed by atoms with Crippen LogP contribution in [0.25, 0.3) is 6.08 Å². The van der Waals surface area contributed by atoms with Crippen LogP contribution in [0.4, 0.5) is 4.39 Å². The van der Waals surface area contributed by atoms with E-state index in [1.165, 1.54) is 25.1 Å². The largest absolute Gasteiger partial charge is 0.454 e. The van der Waals surface area contributed by atoms with Crippen molar-refractivity contribution in [2.75, 3.05) is 6.79 Å². The van der Waals surface area contributed by atoms with Crippen molar-refractivity contribution in [3.05, 3.63) is 81.5 Å². The number of carbonyl (C=O) groups excluding carboxylic acids is 1. The third-order valence-corrected chi connectivity index (χ3v) is 7.98. The van der Waals surface area contributed by atoms with Crippen LogP contribution in [0, 0.1) is 5.82 Å². The Bertz CT molecular complexity index is 1420. The molecule has 1 aliphatic carbocycles. The molecule has 2 heterocycles. The number of ether oxygens (including phenoxy) is 4. The lowest BCUT2D eigenvalue weighted by molar-refractivity contribution is -0.155. The highest BCUT2D eigenvalue weighted by atomic mass is 35.5. The van der Waals surface area contributed by atoms with Crippen LogP contribution in [0.5, 0.6) is 5.75 Å². The fraction of sp³-hybridized carbons (Fsp3) is 0.433. The number of allylic oxidation sites excluding steroid dienone is 1. The number of aliphatic hydroxyl groups is 4. The number of benzene rings is 2. The number of rotatable bonds is 9. The van der Waals surface area contributed by atoms with Gasteiger partial charge >= 0.3 is 0 Å². The third kappa shape index (κ3) is 7.00. The van der Waals surface area contributed by atoms with Gasteiger partial charge in [-0.05, 0) is 49.2 Å². The molecule has 1 saturated carbocycles. The monoisotopic (exact) mass is 636 g/mol. The van der Waals surface area contributed by atoms with Crippen LogP contribution in [0.15, 0.2) is 59.5 Å². The molecule has 0 spiro atoms. The summed E-state index contributed by atoms with van der Waals surface area (Å²) in [5.41, 5.74) is 4.39. The number of hydroxylamine groups is 1. The zero-order chi connectivity index (χ0) is 31.5. The van der Waals surface area contributed by atoms with Crippen LogP contribution in [-0.2, 0) is 30.4 Å². The van der Waals surface area contributed by atoms with Gasteiger partial charge in [0.2, 0.25) is 12.2 Å². The smallest absolute Gasteiger partial charge is 0.247 e. The van der Waals surface area contributed by atoms with Crippen molar-refractivity contribution in [3.8, 4) is 5.75 Å². The normalized spacial score (nSPS) is 31.2. The second kappa shape index (κ2) is 13.8. The van der Waals surface area contributed by atoms with E-state index in [1.807, 2.05) is 18.2 Å². The van der Waals surface area contributed by atoms with Gasteiger partial charge in [-0.2, -0.15) is 0 Å². The molecule has 0 bridgehead atoms. The summed E-state index contributed by atoms with van der Waals surface area (Å²) in [6.45, 7) is 3.15. The molecule has 3 fully saturated rings. The summed E-state index contributed by atoms with van der Waals surface area (Å²) in [5, 5.41) is 44.8. The number of halogens is 2. The van der Waals surface area contributed by atoms with E-state index in [0.717, 1.165) is 11.6 Å². The molecule has 2 aromatic carbocycles.